The number of rotatable bonds is 1. The number of nitro groups is 1. The Morgan fingerprint density at radius 2 is 2.18 bits per heavy atom. The van der Waals surface area contributed by atoms with Crippen LogP contribution in [0.2, 0.25) is 0 Å². The van der Waals surface area contributed by atoms with Crippen LogP contribution in [0.25, 0.3) is 16.8 Å². The van der Waals surface area contributed by atoms with Gasteiger partial charge in [-0.3, -0.25) is 14.9 Å². The lowest BCUT2D eigenvalue weighted by Crippen LogP contribution is -2.13. The number of amides is 1. The van der Waals surface area contributed by atoms with Gasteiger partial charge in [0.2, 0.25) is 5.91 Å². The molecule has 1 aliphatic heterocycles. The van der Waals surface area contributed by atoms with Crippen LogP contribution in [0.1, 0.15) is 6.92 Å². The first-order valence-corrected chi connectivity index (χ1v) is 6.31. The van der Waals surface area contributed by atoms with Crippen LogP contribution in [-0.4, -0.2) is 25.6 Å². The van der Waals surface area contributed by atoms with Crippen LogP contribution >= 0.6 is 0 Å². The first-order chi connectivity index (χ1) is 10.5. The molecule has 1 aliphatic carbocycles. The van der Waals surface area contributed by atoms with E-state index in [0.717, 1.165) is 0 Å². The Balaban J connectivity index is 2.48. The maximum Gasteiger partial charge on any atom is 0.297 e. The molecular weight excluding hydrogens is 288 g/mol. The van der Waals surface area contributed by atoms with Gasteiger partial charge in [-0.15, -0.1) is 0 Å². The number of hydrogen-bond acceptors (Lipinski definition) is 5. The van der Waals surface area contributed by atoms with Crippen LogP contribution in [0.4, 0.5) is 5.69 Å². The number of non-ortho nitro benzene ring substituents is 1. The molecule has 0 bridgehead atoms. The van der Waals surface area contributed by atoms with E-state index in [1.807, 2.05) is 0 Å². The van der Waals surface area contributed by atoms with E-state index in [0.29, 0.717) is 5.52 Å². The van der Waals surface area contributed by atoms with Gasteiger partial charge >= 0.3 is 0 Å². The van der Waals surface area contributed by atoms with Gasteiger partial charge in [-0.2, -0.15) is 5.10 Å². The number of carbonyl (C=O) groups is 1. The second kappa shape index (κ2) is 4.92. The SMILES string of the molecule is CC(=O)N=c1cc2c(O)c3ccccn3nc-2cc1[N+](=O)[O-]. The molecule has 0 unspecified atom stereocenters. The number of fused-ring (bicyclic) bond motifs is 2. The molecule has 1 N–H and O–H groups in total. The zero-order chi connectivity index (χ0) is 15.9. The summed E-state index contributed by atoms with van der Waals surface area (Å²) in [7, 11) is 0. The normalized spacial score (nSPS) is 12.0. The summed E-state index contributed by atoms with van der Waals surface area (Å²) in [4.78, 5) is 25.3. The third-order valence-corrected chi connectivity index (χ3v) is 3.12. The van der Waals surface area contributed by atoms with Gasteiger partial charge in [-0.05, 0) is 18.2 Å². The quantitative estimate of drug-likeness (QED) is 0.416. The molecule has 2 heterocycles. The molecule has 0 fully saturated rings. The second-order valence-corrected chi connectivity index (χ2v) is 4.63. The fraction of sp³-hybridized carbons (Fsp3) is 0.0714. The maximum absolute atomic E-state index is 11.1. The first kappa shape index (κ1) is 13.7. The number of benzene rings is 1. The highest BCUT2D eigenvalue weighted by molar-refractivity contribution is 5.80. The zero-order valence-corrected chi connectivity index (χ0v) is 11.4. The molecule has 8 nitrogen and oxygen atoms in total. The van der Waals surface area contributed by atoms with Crippen LogP contribution in [0.5, 0.6) is 5.75 Å². The average molecular weight is 298 g/mol. The number of pyridine rings is 1. The van der Waals surface area contributed by atoms with Crippen LogP contribution in [0, 0.1) is 10.1 Å². The highest BCUT2D eigenvalue weighted by atomic mass is 16.6. The Bertz CT molecular complexity index is 961. The van der Waals surface area contributed by atoms with E-state index in [4.69, 9.17) is 0 Å². The van der Waals surface area contributed by atoms with Crippen molar-refractivity contribution in [3.63, 3.8) is 0 Å². The lowest BCUT2D eigenvalue weighted by Gasteiger charge is -2.11. The summed E-state index contributed by atoms with van der Waals surface area (Å²) in [5.41, 5.74) is 0.621. The van der Waals surface area contributed by atoms with E-state index in [9.17, 15) is 20.0 Å². The molecule has 1 aromatic heterocycles. The summed E-state index contributed by atoms with van der Waals surface area (Å²) in [5, 5.41) is 25.6. The number of aromatic nitrogens is 2. The fourth-order valence-corrected chi connectivity index (χ4v) is 2.21. The molecule has 0 spiro atoms. The summed E-state index contributed by atoms with van der Waals surface area (Å²) in [6.07, 6.45) is 1.62. The molecule has 2 aliphatic rings. The largest absolute Gasteiger partial charge is 0.505 e. The van der Waals surface area contributed by atoms with Gasteiger partial charge < -0.3 is 5.11 Å². The van der Waals surface area contributed by atoms with Gasteiger partial charge in [-0.1, -0.05) is 6.07 Å². The Morgan fingerprint density at radius 1 is 1.41 bits per heavy atom. The molecule has 110 valence electrons. The molecule has 1 aromatic rings. The van der Waals surface area contributed by atoms with Gasteiger partial charge in [0.05, 0.1) is 4.92 Å². The van der Waals surface area contributed by atoms with Crippen molar-refractivity contribution in [1.82, 2.24) is 9.61 Å². The van der Waals surface area contributed by atoms with Gasteiger partial charge in [0.25, 0.3) is 5.69 Å². The van der Waals surface area contributed by atoms with Crippen molar-refractivity contribution in [2.45, 2.75) is 6.92 Å². The molecule has 0 saturated carbocycles. The van der Waals surface area contributed by atoms with Crippen molar-refractivity contribution >= 4 is 17.1 Å². The van der Waals surface area contributed by atoms with Crippen molar-refractivity contribution in [3.05, 3.63) is 52.0 Å². The third kappa shape index (κ3) is 2.16. The smallest absolute Gasteiger partial charge is 0.297 e. The maximum atomic E-state index is 11.1. The van der Waals surface area contributed by atoms with Crippen LogP contribution in [-0.2, 0) is 4.79 Å². The highest BCUT2D eigenvalue weighted by Gasteiger charge is 2.20. The van der Waals surface area contributed by atoms with E-state index in [2.05, 4.69) is 10.1 Å². The lowest BCUT2D eigenvalue weighted by molar-refractivity contribution is -0.386. The zero-order valence-electron chi connectivity index (χ0n) is 11.4. The van der Waals surface area contributed by atoms with E-state index >= 15 is 0 Å². The lowest BCUT2D eigenvalue weighted by atomic mass is 10.1. The van der Waals surface area contributed by atoms with E-state index in [1.54, 1.807) is 24.4 Å². The summed E-state index contributed by atoms with van der Waals surface area (Å²) < 4.78 is 1.42. The van der Waals surface area contributed by atoms with Crippen LogP contribution in [0.15, 0.2) is 41.5 Å². The third-order valence-electron chi connectivity index (χ3n) is 3.12. The van der Waals surface area contributed by atoms with E-state index in [-0.39, 0.29) is 28.1 Å². The molecule has 1 amide bonds. The molecule has 0 aromatic carbocycles. The number of hydrogen-bond donors (Lipinski definition) is 1. The monoisotopic (exact) mass is 298 g/mol. The van der Waals surface area contributed by atoms with Crippen molar-refractivity contribution in [2.75, 3.05) is 0 Å². The van der Waals surface area contributed by atoms with Gasteiger partial charge in [-0.25, -0.2) is 9.51 Å². The van der Waals surface area contributed by atoms with Crippen molar-refractivity contribution in [1.29, 1.82) is 0 Å². The number of aromatic hydroxyl groups is 1. The molecule has 8 heteroatoms. The first-order valence-electron chi connectivity index (χ1n) is 6.31. The van der Waals surface area contributed by atoms with Crippen molar-refractivity contribution in [3.8, 4) is 17.0 Å². The Kier molecular flexibility index (Phi) is 3.06. The number of nitrogens with zero attached hydrogens (tertiary/aromatic N) is 4. The number of nitro benzene ring substituents is 1. The highest BCUT2D eigenvalue weighted by Crippen LogP contribution is 2.33. The summed E-state index contributed by atoms with van der Waals surface area (Å²) >= 11 is 0. The minimum Gasteiger partial charge on any atom is -0.505 e. The number of carbonyl (C=O) groups excluding carboxylic acids is 1. The summed E-state index contributed by atoms with van der Waals surface area (Å²) in [6, 6.07) is 7.60. The van der Waals surface area contributed by atoms with Crippen molar-refractivity contribution < 1.29 is 14.8 Å². The minimum absolute atomic E-state index is 0.0829. The van der Waals surface area contributed by atoms with Gasteiger partial charge in [0, 0.05) is 24.8 Å². The molecule has 22 heavy (non-hydrogen) atoms. The van der Waals surface area contributed by atoms with Gasteiger partial charge in [0.1, 0.15) is 16.6 Å². The predicted octanol–water partition coefficient (Wildman–Crippen LogP) is 1.50. The standard InChI is InChI=1S/C14H10N4O4/c1-8(19)15-11-6-9-10(7-13(11)18(21)22)16-17-5-3-2-4-12(17)14(9)20/h2-7,20H,1H3. The molecular formula is C14H10N4O4. The topological polar surface area (TPSA) is 110 Å². The van der Waals surface area contributed by atoms with E-state index in [1.165, 1.54) is 23.6 Å². The fourth-order valence-electron chi connectivity index (χ4n) is 2.21. The van der Waals surface area contributed by atoms with Crippen molar-refractivity contribution in [2.24, 2.45) is 4.99 Å². The minimum atomic E-state index is -0.639. The Morgan fingerprint density at radius 3 is 2.86 bits per heavy atom. The Hall–Kier alpha value is -3.29. The van der Waals surface area contributed by atoms with Gasteiger partial charge in [0.15, 0.2) is 5.75 Å². The predicted molar refractivity (Wildman–Crippen MR) is 76.4 cm³/mol. The molecule has 3 rings (SSSR count). The van der Waals surface area contributed by atoms with E-state index < -0.39 is 10.8 Å². The molecule has 0 atom stereocenters. The molecule has 0 radical (unpaired) electrons. The van der Waals surface area contributed by atoms with Crippen LogP contribution < -0.4 is 5.36 Å². The second-order valence-electron chi connectivity index (χ2n) is 4.63. The summed E-state index contributed by atoms with van der Waals surface area (Å²) in [6.45, 7) is 1.20. The van der Waals surface area contributed by atoms with Crippen LogP contribution in [0.3, 0.4) is 0 Å². The summed E-state index contributed by atoms with van der Waals surface area (Å²) in [5.74, 6) is -0.648. The molecule has 0 saturated heterocycles. The Labute approximate surface area is 123 Å². The average Bonchev–Trinajstić information content (AvgIpc) is 2.47.